The average Bonchev–Trinajstić information content (AvgIpc) is 3.97. The van der Waals surface area contributed by atoms with Crippen LogP contribution < -0.4 is 0 Å². The van der Waals surface area contributed by atoms with E-state index in [-0.39, 0.29) is 5.41 Å². The lowest BCUT2D eigenvalue weighted by atomic mass is 9.81. The summed E-state index contributed by atoms with van der Waals surface area (Å²) in [6, 6.07) is 65.6. The van der Waals surface area contributed by atoms with E-state index < -0.39 is 0 Å². The van der Waals surface area contributed by atoms with Crippen molar-refractivity contribution in [3.05, 3.63) is 199 Å². The van der Waals surface area contributed by atoms with Crippen LogP contribution in [0.1, 0.15) is 25.0 Å². The summed E-state index contributed by atoms with van der Waals surface area (Å²) >= 11 is 0. The van der Waals surface area contributed by atoms with Gasteiger partial charge in [0, 0.05) is 32.9 Å². The molecule has 12 rings (SSSR count). The fourth-order valence-corrected chi connectivity index (χ4v) is 9.29. The molecule has 0 fully saturated rings. The average molecular weight is 784 g/mol. The quantitative estimate of drug-likeness (QED) is 0.168. The van der Waals surface area contributed by atoms with Crippen molar-refractivity contribution in [3.8, 4) is 73.6 Å². The van der Waals surface area contributed by atoms with Gasteiger partial charge in [0.25, 0.3) is 0 Å². The molecule has 3 aromatic heterocycles. The first kappa shape index (κ1) is 35.0. The molecule has 0 amide bonds. The highest BCUT2D eigenvalue weighted by atomic mass is 16.3. The smallest absolute Gasteiger partial charge is 0.238 e. The third kappa shape index (κ3) is 5.64. The minimum Gasteiger partial charge on any atom is -0.436 e. The van der Waals surface area contributed by atoms with Crippen LogP contribution in [0.3, 0.4) is 0 Å². The lowest BCUT2D eigenvalue weighted by Gasteiger charge is -2.22. The summed E-state index contributed by atoms with van der Waals surface area (Å²) in [5, 5.41) is 2.24. The number of oxazole rings is 1. The Bertz CT molecular complexity index is 3420. The lowest BCUT2D eigenvalue weighted by molar-refractivity contribution is 0.619. The second-order valence-electron chi connectivity index (χ2n) is 16.3. The van der Waals surface area contributed by atoms with Crippen LogP contribution in [0.5, 0.6) is 0 Å². The second kappa shape index (κ2) is 13.5. The van der Waals surface area contributed by atoms with E-state index in [2.05, 4.69) is 115 Å². The van der Waals surface area contributed by atoms with Gasteiger partial charge in [0.2, 0.25) is 11.8 Å². The molecule has 0 saturated heterocycles. The highest BCUT2D eigenvalue weighted by Crippen LogP contribution is 2.52. The van der Waals surface area contributed by atoms with Crippen LogP contribution in [0, 0.1) is 0 Å². The zero-order valence-corrected chi connectivity index (χ0v) is 33.5. The Hall–Kier alpha value is -7.96. The molecule has 3 heterocycles. The molecule has 0 radical (unpaired) electrons. The fraction of sp³-hybridized carbons (Fsp3) is 0.0545. The number of benzene rings is 8. The van der Waals surface area contributed by atoms with Crippen molar-refractivity contribution in [3.63, 3.8) is 0 Å². The number of rotatable bonds is 6. The van der Waals surface area contributed by atoms with Crippen LogP contribution in [0.2, 0.25) is 0 Å². The Balaban J connectivity index is 1.03. The number of aromatic nitrogens is 5. The van der Waals surface area contributed by atoms with Crippen molar-refractivity contribution < 1.29 is 4.42 Å². The molecule has 0 atom stereocenters. The van der Waals surface area contributed by atoms with Gasteiger partial charge in [-0.25, -0.2) is 9.97 Å². The minimum absolute atomic E-state index is 0.304. The van der Waals surface area contributed by atoms with E-state index in [0.717, 1.165) is 71.8 Å². The molecule has 8 aromatic carbocycles. The van der Waals surface area contributed by atoms with Gasteiger partial charge in [0.05, 0.1) is 11.0 Å². The maximum absolute atomic E-state index is 6.34. The first-order valence-corrected chi connectivity index (χ1v) is 20.6. The molecule has 0 spiro atoms. The Labute approximate surface area is 352 Å². The first-order chi connectivity index (χ1) is 30.0. The van der Waals surface area contributed by atoms with Crippen LogP contribution in [-0.2, 0) is 5.41 Å². The summed E-state index contributed by atoms with van der Waals surface area (Å²) in [4.78, 5) is 20.4. The molecule has 0 saturated carbocycles. The van der Waals surface area contributed by atoms with Gasteiger partial charge in [-0.3, -0.25) is 4.57 Å². The van der Waals surface area contributed by atoms with E-state index in [0.29, 0.717) is 23.5 Å². The van der Waals surface area contributed by atoms with Gasteiger partial charge in [0.1, 0.15) is 5.52 Å². The van der Waals surface area contributed by atoms with Crippen molar-refractivity contribution in [1.82, 2.24) is 24.5 Å². The molecule has 6 nitrogen and oxygen atoms in total. The van der Waals surface area contributed by atoms with E-state index in [4.69, 9.17) is 24.4 Å². The molecule has 288 valence electrons. The molecular formula is C55H37N5O. The van der Waals surface area contributed by atoms with Gasteiger partial charge in [-0.15, -0.1) is 0 Å². The minimum atomic E-state index is -0.304. The fourth-order valence-electron chi connectivity index (χ4n) is 9.29. The lowest BCUT2D eigenvalue weighted by Crippen LogP contribution is -2.15. The number of fused-ring (bicyclic) bond motifs is 8. The zero-order chi connectivity index (χ0) is 40.7. The normalized spacial score (nSPS) is 12.9. The number of hydrogen-bond donors (Lipinski definition) is 0. The maximum Gasteiger partial charge on any atom is 0.238 e. The Kier molecular flexibility index (Phi) is 7.78. The highest BCUT2D eigenvalue weighted by molar-refractivity contribution is 6.11. The summed E-state index contributed by atoms with van der Waals surface area (Å²) in [6.45, 7) is 4.61. The standard InChI is InChI=1S/C55H37N5O/c1-55(2)45-33-40(23-26-41(45)42-27-30-48-50(49(42)55)56-53(61-48)37-21-13-6-14-22-37)39-25-29-47-44(32-39)43-31-38(34-15-7-3-8-16-34)24-28-46(43)60(47)54-58-51(35-17-9-4-10-18-35)57-52(59-54)36-19-11-5-12-20-36/h3-33H,1-2H3. The largest absolute Gasteiger partial charge is 0.436 e. The third-order valence-corrected chi connectivity index (χ3v) is 12.3. The first-order valence-electron chi connectivity index (χ1n) is 20.6. The summed E-state index contributed by atoms with van der Waals surface area (Å²) in [7, 11) is 0. The van der Waals surface area contributed by atoms with Crippen molar-refractivity contribution in [1.29, 1.82) is 0 Å². The SMILES string of the molecule is CC1(C)c2cc(-c3ccc4c(c3)c3cc(-c5ccccc5)ccc3n4-c3nc(-c4ccccc4)nc(-c4ccccc4)n3)ccc2-c2ccc3oc(-c4ccccc4)nc3c21. The third-order valence-electron chi connectivity index (χ3n) is 12.3. The van der Waals surface area contributed by atoms with Crippen LogP contribution in [0.25, 0.3) is 106 Å². The molecule has 0 unspecified atom stereocenters. The highest BCUT2D eigenvalue weighted by Gasteiger charge is 2.38. The van der Waals surface area contributed by atoms with Crippen molar-refractivity contribution in [2.24, 2.45) is 0 Å². The molecular weight excluding hydrogens is 747 g/mol. The van der Waals surface area contributed by atoms with Crippen molar-refractivity contribution in [2.45, 2.75) is 19.3 Å². The Morgan fingerprint density at radius 3 is 1.51 bits per heavy atom. The van der Waals surface area contributed by atoms with Crippen LogP contribution in [0.4, 0.5) is 0 Å². The van der Waals surface area contributed by atoms with Crippen LogP contribution in [-0.4, -0.2) is 24.5 Å². The van der Waals surface area contributed by atoms with Gasteiger partial charge in [0.15, 0.2) is 17.2 Å². The van der Waals surface area contributed by atoms with Gasteiger partial charge in [-0.05, 0) is 93.0 Å². The maximum atomic E-state index is 6.34. The summed E-state index contributed by atoms with van der Waals surface area (Å²) in [6.07, 6.45) is 0. The topological polar surface area (TPSA) is 69.6 Å². The second-order valence-corrected chi connectivity index (χ2v) is 16.3. The van der Waals surface area contributed by atoms with E-state index in [1.54, 1.807) is 0 Å². The van der Waals surface area contributed by atoms with E-state index in [1.165, 1.54) is 22.3 Å². The molecule has 11 aromatic rings. The zero-order valence-electron chi connectivity index (χ0n) is 33.5. The molecule has 6 heteroatoms. The van der Waals surface area contributed by atoms with Crippen LogP contribution >= 0.6 is 0 Å². The summed E-state index contributed by atoms with van der Waals surface area (Å²) < 4.78 is 8.54. The predicted molar refractivity (Wildman–Crippen MR) is 246 cm³/mol. The van der Waals surface area contributed by atoms with Gasteiger partial charge in [-0.2, -0.15) is 9.97 Å². The van der Waals surface area contributed by atoms with Gasteiger partial charge in [-0.1, -0.05) is 153 Å². The Morgan fingerprint density at radius 1 is 0.426 bits per heavy atom. The Morgan fingerprint density at radius 2 is 0.918 bits per heavy atom. The molecule has 0 bridgehead atoms. The molecule has 1 aliphatic rings. The molecule has 61 heavy (non-hydrogen) atoms. The summed E-state index contributed by atoms with van der Waals surface area (Å²) in [5.41, 5.74) is 15.8. The van der Waals surface area contributed by atoms with E-state index in [1.807, 2.05) is 91.0 Å². The summed E-state index contributed by atoms with van der Waals surface area (Å²) in [5.74, 6) is 2.46. The van der Waals surface area contributed by atoms with Crippen LogP contribution in [0.15, 0.2) is 192 Å². The molecule has 0 N–H and O–H groups in total. The predicted octanol–water partition coefficient (Wildman–Crippen LogP) is 13.8. The van der Waals surface area contributed by atoms with E-state index >= 15 is 0 Å². The number of hydrogen-bond acceptors (Lipinski definition) is 5. The van der Waals surface area contributed by atoms with Gasteiger partial charge >= 0.3 is 0 Å². The molecule has 1 aliphatic carbocycles. The van der Waals surface area contributed by atoms with Crippen molar-refractivity contribution >= 4 is 32.9 Å². The molecule has 0 aliphatic heterocycles. The van der Waals surface area contributed by atoms with E-state index in [9.17, 15) is 0 Å². The monoisotopic (exact) mass is 783 g/mol. The van der Waals surface area contributed by atoms with Crippen molar-refractivity contribution in [2.75, 3.05) is 0 Å². The van der Waals surface area contributed by atoms with Gasteiger partial charge < -0.3 is 4.42 Å². The number of nitrogens with zero attached hydrogens (tertiary/aromatic N) is 5.